The number of amides is 1. The van der Waals surface area contributed by atoms with Gasteiger partial charge in [-0.05, 0) is 43.2 Å². The lowest BCUT2D eigenvalue weighted by Gasteiger charge is -2.37. The van der Waals surface area contributed by atoms with Crippen LogP contribution < -0.4 is 4.90 Å². The minimum atomic E-state index is -0.370. The van der Waals surface area contributed by atoms with E-state index in [4.69, 9.17) is 0 Å². The molecule has 0 atom stereocenters. The van der Waals surface area contributed by atoms with Crippen LogP contribution in [0, 0.1) is 19.7 Å². The molecule has 0 aromatic heterocycles. The van der Waals surface area contributed by atoms with Crippen LogP contribution in [0.3, 0.4) is 0 Å². The van der Waals surface area contributed by atoms with Crippen LogP contribution in [0.25, 0.3) is 0 Å². The first-order valence-electron chi connectivity index (χ1n) is 7.92. The molecule has 0 saturated carbocycles. The van der Waals surface area contributed by atoms with Gasteiger partial charge in [-0.1, -0.05) is 24.3 Å². The molecule has 4 heteroatoms. The highest BCUT2D eigenvalue weighted by atomic mass is 19.1. The van der Waals surface area contributed by atoms with E-state index in [1.807, 2.05) is 0 Å². The number of halogens is 1. The molecule has 1 amide bonds. The van der Waals surface area contributed by atoms with Crippen LogP contribution in [0.5, 0.6) is 0 Å². The normalized spacial score (nSPS) is 14.9. The van der Waals surface area contributed by atoms with E-state index in [0.717, 1.165) is 13.1 Å². The summed E-state index contributed by atoms with van der Waals surface area (Å²) in [6.07, 6.45) is 0. The summed E-state index contributed by atoms with van der Waals surface area (Å²) in [5.74, 6) is -0.462. The minimum absolute atomic E-state index is 0.0920. The summed E-state index contributed by atoms with van der Waals surface area (Å²) in [5.41, 5.74) is 4.21. The molecule has 0 radical (unpaired) electrons. The molecule has 1 aliphatic heterocycles. The average molecular weight is 312 g/mol. The van der Waals surface area contributed by atoms with Gasteiger partial charge in [0.15, 0.2) is 0 Å². The number of hydrogen-bond donors (Lipinski definition) is 0. The van der Waals surface area contributed by atoms with Gasteiger partial charge in [-0.25, -0.2) is 4.39 Å². The third kappa shape index (κ3) is 3.21. The maximum Gasteiger partial charge on any atom is 0.254 e. The minimum Gasteiger partial charge on any atom is -0.368 e. The van der Waals surface area contributed by atoms with Crippen LogP contribution in [-0.2, 0) is 0 Å². The van der Waals surface area contributed by atoms with Crippen molar-refractivity contribution >= 4 is 11.6 Å². The second-order valence-electron chi connectivity index (χ2n) is 6.03. The highest BCUT2D eigenvalue weighted by Gasteiger charge is 2.23. The molecular weight excluding hydrogens is 291 g/mol. The summed E-state index contributed by atoms with van der Waals surface area (Å²) in [7, 11) is 0. The lowest BCUT2D eigenvalue weighted by atomic mass is 10.1. The highest BCUT2D eigenvalue weighted by molar-refractivity contribution is 5.94. The van der Waals surface area contributed by atoms with Crippen LogP contribution in [0.15, 0.2) is 42.5 Å². The summed E-state index contributed by atoms with van der Waals surface area (Å²) in [4.78, 5) is 16.6. The maximum atomic E-state index is 13.3. The zero-order chi connectivity index (χ0) is 16.4. The molecule has 3 nitrogen and oxygen atoms in total. The predicted octanol–water partition coefficient (Wildman–Crippen LogP) is 3.40. The molecule has 3 rings (SSSR count). The number of carbonyl (C=O) groups excluding carboxylic acids is 1. The number of rotatable bonds is 2. The summed E-state index contributed by atoms with van der Waals surface area (Å²) in [6, 6.07) is 12.2. The maximum absolute atomic E-state index is 13.3. The smallest absolute Gasteiger partial charge is 0.254 e. The van der Waals surface area contributed by atoms with E-state index in [-0.39, 0.29) is 11.7 Å². The second-order valence-corrected chi connectivity index (χ2v) is 6.03. The SMILES string of the molecule is Cc1cccc(C)c1N1CCN(C(=O)c2cccc(F)c2)CC1. The van der Waals surface area contributed by atoms with E-state index in [9.17, 15) is 9.18 Å². The van der Waals surface area contributed by atoms with Crippen LogP contribution in [0.4, 0.5) is 10.1 Å². The van der Waals surface area contributed by atoms with Crippen LogP contribution in [0.1, 0.15) is 21.5 Å². The van der Waals surface area contributed by atoms with Crippen molar-refractivity contribution in [3.05, 3.63) is 65.0 Å². The Bertz CT molecular complexity index is 701. The van der Waals surface area contributed by atoms with Gasteiger partial charge < -0.3 is 9.80 Å². The van der Waals surface area contributed by atoms with Gasteiger partial charge in [0.05, 0.1) is 0 Å². The first-order valence-corrected chi connectivity index (χ1v) is 7.92. The van der Waals surface area contributed by atoms with Gasteiger partial charge in [-0.2, -0.15) is 0 Å². The zero-order valence-corrected chi connectivity index (χ0v) is 13.6. The lowest BCUT2D eigenvalue weighted by molar-refractivity contribution is 0.0746. The summed E-state index contributed by atoms with van der Waals surface area (Å²) in [6.45, 7) is 7.14. The Morgan fingerprint density at radius 3 is 2.17 bits per heavy atom. The molecule has 120 valence electrons. The van der Waals surface area contributed by atoms with Crippen molar-refractivity contribution in [2.75, 3.05) is 31.1 Å². The Balaban J connectivity index is 1.70. The number of nitrogens with zero attached hydrogens (tertiary/aromatic N) is 2. The monoisotopic (exact) mass is 312 g/mol. The number of aryl methyl sites for hydroxylation is 2. The van der Waals surface area contributed by atoms with Gasteiger partial charge in [0, 0.05) is 37.4 Å². The Morgan fingerprint density at radius 2 is 1.57 bits per heavy atom. The number of anilines is 1. The van der Waals surface area contributed by atoms with Gasteiger partial charge in [0.1, 0.15) is 5.82 Å². The molecular formula is C19H21FN2O. The molecule has 2 aromatic carbocycles. The quantitative estimate of drug-likeness (QED) is 0.848. The number of para-hydroxylation sites is 1. The van der Waals surface area contributed by atoms with Crippen LogP contribution in [0.2, 0.25) is 0 Å². The fourth-order valence-electron chi connectivity index (χ4n) is 3.24. The number of carbonyl (C=O) groups is 1. The highest BCUT2D eigenvalue weighted by Crippen LogP contribution is 2.25. The van der Waals surface area contributed by atoms with Crippen molar-refractivity contribution in [3.63, 3.8) is 0 Å². The van der Waals surface area contributed by atoms with E-state index in [0.29, 0.717) is 18.7 Å². The molecule has 1 heterocycles. The van der Waals surface area contributed by atoms with Crippen molar-refractivity contribution in [1.29, 1.82) is 0 Å². The molecule has 1 aliphatic rings. The van der Waals surface area contributed by atoms with Crippen molar-refractivity contribution in [1.82, 2.24) is 4.90 Å². The molecule has 0 aliphatic carbocycles. The van der Waals surface area contributed by atoms with Gasteiger partial charge in [-0.3, -0.25) is 4.79 Å². The fourth-order valence-corrected chi connectivity index (χ4v) is 3.24. The molecule has 23 heavy (non-hydrogen) atoms. The van der Waals surface area contributed by atoms with Crippen molar-refractivity contribution in [3.8, 4) is 0 Å². The van der Waals surface area contributed by atoms with Gasteiger partial charge >= 0.3 is 0 Å². The second kappa shape index (κ2) is 6.41. The summed E-state index contributed by atoms with van der Waals surface area (Å²) in [5, 5.41) is 0. The molecule has 1 saturated heterocycles. The number of piperazine rings is 1. The van der Waals surface area contributed by atoms with E-state index >= 15 is 0 Å². The molecule has 0 unspecified atom stereocenters. The van der Waals surface area contributed by atoms with Gasteiger partial charge in [-0.15, -0.1) is 0 Å². The number of benzene rings is 2. The van der Waals surface area contributed by atoms with Crippen molar-refractivity contribution < 1.29 is 9.18 Å². The Hall–Kier alpha value is -2.36. The topological polar surface area (TPSA) is 23.6 Å². The average Bonchev–Trinajstić information content (AvgIpc) is 2.55. The Morgan fingerprint density at radius 1 is 0.957 bits per heavy atom. The first-order chi connectivity index (χ1) is 11.1. The van der Waals surface area contributed by atoms with E-state index < -0.39 is 0 Å². The number of hydrogen-bond acceptors (Lipinski definition) is 2. The van der Waals surface area contributed by atoms with E-state index in [2.05, 4.69) is 36.9 Å². The predicted molar refractivity (Wildman–Crippen MR) is 90.4 cm³/mol. The largest absolute Gasteiger partial charge is 0.368 e. The zero-order valence-electron chi connectivity index (χ0n) is 13.6. The lowest BCUT2D eigenvalue weighted by Crippen LogP contribution is -2.49. The molecule has 0 bridgehead atoms. The summed E-state index contributed by atoms with van der Waals surface area (Å²) >= 11 is 0. The first kappa shape index (κ1) is 15.5. The van der Waals surface area contributed by atoms with Crippen molar-refractivity contribution in [2.24, 2.45) is 0 Å². The van der Waals surface area contributed by atoms with Crippen LogP contribution >= 0.6 is 0 Å². The molecule has 1 fully saturated rings. The molecule has 2 aromatic rings. The van der Waals surface area contributed by atoms with E-state index in [1.165, 1.54) is 28.9 Å². The third-order valence-corrected chi connectivity index (χ3v) is 4.39. The Kier molecular flexibility index (Phi) is 4.33. The standard InChI is InChI=1S/C19H21FN2O/c1-14-5-3-6-15(2)18(14)21-9-11-22(12-10-21)19(23)16-7-4-8-17(20)13-16/h3-8,13H,9-12H2,1-2H3. The molecule has 0 spiro atoms. The van der Waals surface area contributed by atoms with E-state index in [1.54, 1.807) is 17.0 Å². The van der Waals surface area contributed by atoms with Gasteiger partial charge in [0.2, 0.25) is 0 Å². The Labute approximate surface area is 136 Å². The fraction of sp³-hybridized carbons (Fsp3) is 0.316. The summed E-state index contributed by atoms with van der Waals surface area (Å²) < 4.78 is 13.3. The van der Waals surface area contributed by atoms with Crippen LogP contribution in [-0.4, -0.2) is 37.0 Å². The third-order valence-electron chi connectivity index (χ3n) is 4.39. The molecule has 0 N–H and O–H groups in total. The van der Waals surface area contributed by atoms with Crippen molar-refractivity contribution in [2.45, 2.75) is 13.8 Å². The van der Waals surface area contributed by atoms with Gasteiger partial charge in [0.25, 0.3) is 5.91 Å².